The van der Waals surface area contributed by atoms with Crippen LogP contribution >= 0.6 is 15.9 Å². The number of nitrogens with zero attached hydrogens (tertiary/aromatic N) is 2. The summed E-state index contributed by atoms with van der Waals surface area (Å²) in [6.45, 7) is 0.333. The molecule has 23 heavy (non-hydrogen) atoms. The van der Waals surface area contributed by atoms with Crippen molar-refractivity contribution in [3.05, 3.63) is 28.2 Å². The van der Waals surface area contributed by atoms with Crippen molar-refractivity contribution in [2.75, 3.05) is 24.7 Å². The van der Waals surface area contributed by atoms with Crippen LogP contribution in [0.15, 0.2) is 22.7 Å². The van der Waals surface area contributed by atoms with Gasteiger partial charge in [0, 0.05) is 11.0 Å². The topological polar surface area (TPSA) is 40.6 Å². The number of carbonyl (C=O) groups is 2. The first-order valence-corrected chi connectivity index (χ1v) is 8.02. The summed E-state index contributed by atoms with van der Waals surface area (Å²) in [6, 6.07) is 4.98. The molecule has 3 rings (SSSR count). The number of anilines is 1. The van der Waals surface area contributed by atoms with Crippen LogP contribution in [0.4, 0.5) is 18.9 Å². The molecule has 0 N–H and O–H groups in total. The van der Waals surface area contributed by atoms with E-state index in [4.69, 9.17) is 0 Å². The second-order valence-corrected chi connectivity index (χ2v) is 6.65. The largest absolute Gasteiger partial charge is 0.393 e. The molecule has 1 atom stereocenters. The minimum Gasteiger partial charge on any atom is -0.291 e. The van der Waals surface area contributed by atoms with Gasteiger partial charge in [-0.1, -0.05) is 6.07 Å². The molecule has 2 aliphatic heterocycles. The molecular weight excluding hydrogens is 377 g/mol. The Morgan fingerprint density at radius 3 is 2.70 bits per heavy atom. The number of Topliss-reactive ketones (excluding diaryl/α,β-unsaturated/α-hetero) is 1. The number of alkyl halides is 3. The Bertz CT molecular complexity index is 663. The molecule has 1 aromatic rings. The second kappa shape index (κ2) is 5.90. The SMILES string of the molecule is O=C1C(=O)N(CN2CCCC(C(F)(F)F)C2)c2cccc(Br)c21. The van der Waals surface area contributed by atoms with Gasteiger partial charge in [0.25, 0.3) is 5.78 Å². The number of amides is 1. The van der Waals surface area contributed by atoms with E-state index in [0.717, 1.165) is 0 Å². The van der Waals surface area contributed by atoms with Crippen LogP contribution in [0, 0.1) is 5.92 Å². The third-order valence-electron chi connectivity index (χ3n) is 4.26. The molecule has 1 aromatic carbocycles. The number of rotatable bonds is 2. The van der Waals surface area contributed by atoms with Gasteiger partial charge < -0.3 is 0 Å². The van der Waals surface area contributed by atoms with E-state index in [1.54, 1.807) is 23.1 Å². The molecule has 2 heterocycles. The molecule has 2 aliphatic rings. The van der Waals surface area contributed by atoms with Crippen molar-refractivity contribution in [2.24, 2.45) is 5.92 Å². The third kappa shape index (κ3) is 3.01. The maximum absolute atomic E-state index is 12.9. The van der Waals surface area contributed by atoms with Crippen LogP contribution in [0.3, 0.4) is 0 Å². The first-order valence-electron chi connectivity index (χ1n) is 7.23. The van der Waals surface area contributed by atoms with Crippen molar-refractivity contribution < 1.29 is 22.8 Å². The first-order chi connectivity index (χ1) is 10.8. The second-order valence-electron chi connectivity index (χ2n) is 5.80. The number of hydrogen-bond acceptors (Lipinski definition) is 3. The molecule has 1 saturated heterocycles. The van der Waals surface area contributed by atoms with Crippen LogP contribution in [0.5, 0.6) is 0 Å². The highest BCUT2D eigenvalue weighted by atomic mass is 79.9. The zero-order chi connectivity index (χ0) is 16.8. The van der Waals surface area contributed by atoms with Crippen molar-refractivity contribution in [1.29, 1.82) is 0 Å². The van der Waals surface area contributed by atoms with Crippen molar-refractivity contribution in [2.45, 2.75) is 19.0 Å². The maximum Gasteiger partial charge on any atom is 0.393 e. The fourth-order valence-corrected chi connectivity index (χ4v) is 3.63. The summed E-state index contributed by atoms with van der Waals surface area (Å²) in [5.41, 5.74) is 0.727. The number of likely N-dealkylation sites (tertiary alicyclic amines) is 1. The summed E-state index contributed by atoms with van der Waals surface area (Å²) in [5, 5.41) is 0. The van der Waals surface area contributed by atoms with E-state index in [9.17, 15) is 22.8 Å². The van der Waals surface area contributed by atoms with E-state index in [1.807, 2.05) is 0 Å². The van der Waals surface area contributed by atoms with Gasteiger partial charge in [0.05, 0.1) is 23.8 Å². The highest BCUT2D eigenvalue weighted by molar-refractivity contribution is 9.10. The molecule has 1 unspecified atom stereocenters. The number of ketones is 1. The lowest BCUT2D eigenvalue weighted by atomic mass is 9.98. The Morgan fingerprint density at radius 2 is 2.00 bits per heavy atom. The summed E-state index contributed by atoms with van der Waals surface area (Å²) in [4.78, 5) is 27.1. The molecule has 124 valence electrons. The number of halogens is 4. The Morgan fingerprint density at radius 1 is 1.26 bits per heavy atom. The lowest BCUT2D eigenvalue weighted by molar-refractivity contribution is -0.186. The van der Waals surface area contributed by atoms with E-state index in [-0.39, 0.29) is 25.2 Å². The van der Waals surface area contributed by atoms with Crippen LogP contribution in [0.1, 0.15) is 23.2 Å². The molecule has 1 amide bonds. The van der Waals surface area contributed by atoms with Gasteiger partial charge in [0.15, 0.2) is 0 Å². The van der Waals surface area contributed by atoms with Gasteiger partial charge in [-0.25, -0.2) is 0 Å². The van der Waals surface area contributed by atoms with Gasteiger partial charge in [0.1, 0.15) is 0 Å². The predicted molar refractivity (Wildman–Crippen MR) is 81.2 cm³/mol. The van der Waals surface area contributed by atoms with E-state index >= 15 is 0 Å². The van der Waals surface area contributed by atoms with E-state index in [0.29, 0.717) is 23.1 Å². The Balaban J connectivity index is 1.80. The minimum atomic E-state index is -4.23. The standard InChI is InChI=1S/C15H14BrF3N2O2/c16-10-4-1-5-11-12(10)13(22)14(23)21(11)8-20-6-2-3-9(7-20)15(17,18)19/h1,4-5,9H,2-3,6-8H2. The Labute approximate surface area is 139 Å². The maximum atomic E-state index is 12.9. The molecular formula is C15H14BrF3N2O2. The number of fused-ring (bicyclic) bond motifs is 1. The quantitative estimate of drug-likeness (QED) is 0.728. The zero-order valence-electron chi connectivity index (χ0n) is 12.1. The minimum absolute atomic E-state index is 0.000602. The first kappa shape index (κ1) is 16.4. The summed E-state index contributed by atoms with van der Waals surface area (Å²) in [6.07, 6.45) is -3.70. The predicted octanol–water partition coefficient (Wildman–Crippen LogP) is 3.21. The van der Waals surface area contributed by atoms with E-state index in [2.05, 4.69) is 15.9 Å². The Hall–Kier alpha value is -1.41. The van der Waals surface area contributed by atoms with Crippen LogP contribution in [-0.4, -0.2) is 42.5 Å². The summed E-state index contributed by atoms with van der Waals surface area (Å²) in [7, 11) is 0. The summed E-state index contributed by atoms with van der Waals surface area (Å²) >= 11 is 3.24. The third-order valence-corrected chi connectivity index (χ3v) is 4.92. The lowest BCUT2D eigenvalue weighted by Gasteiger charge is -2.35. The molecule has 0 radical (unpaired) electrons. The van der Waals surface area contributed by atoms with Gasteiger partial charge in [-0.3, -0.25) is 19.4 Å². The fraction of sp³-hybridized carbons (Fsp3) is 0.467. The average molecular weight is 391 g/mol. The number of hydrogen-bond donors (Lipinski definition) is 0. The van der Waals surface area contributed by atoms with Gasteiger partial charge in [-0.15, -0.1) is 0 Å². The Kier molecular flexibility index (Phi) is 4.22. The van der Waals surface area contributed by atoms with Crippen LogP contribution in [0.2, 0.25) is 0 Å². The molecule has 0 spiro atoms. The zero-order valence-corrected chi connectivity index (χ0v) is 13.7. The summed E-state index contributed by atoms with van der Waals surface area (Å²) < 4.78 is 39.2. The molecule has 1 fully saturated rings. The van der Waals surface area contributed by atoms with Gasteiger partial charge in [0.2, 0.25) is 0 Å². The van der Waals surface area contributed by atoms with Crippen LogP contribution < -0.4 is 4.90 Å². The summed E-state index contributed by atoms with van der Waals surface area (Å²) in [5.74, 6) is -2.70. The molecule has 0 saturated carbocycles. The monoisotopic (exact) mass is 390 g/mol. The number of carbonyl (C=O) groups excluding carboxylic acids is 2. The average Bonchev–Trinajstić information content (AvgIpc) is 2.73. The van der Waals surface area contributed by atoms with E-state index < -0.39 is 23.8 Å². The molecule has 0 bridgehead atoms. The normalized spacial score (nSPS) is 22.6. The van der Waals surface area contributed by atoms with Gasteiger partial charge >= 0.3 is 12.1 Å². The van der Waals surface area contributed by atoms with Gasteiger partial charge in [-0.2, -0.15) is 13.2 Å². The highest BCUT2D eigenvalue weighted by Gasteiger charge is 2.43. The van der Waals surface area contributed by atoms with Crippen molar-refractivity contribution in [1.82, 2.24) is 4.90 Å². The number of piperidine rings is 1. The van der Waals surface area contributed by atoms with E-state index in [1.165, 1.54) is 4.90 Å². The highest BCUT2D eigenvalue weighted by Crippen LogP contribution is 2.36. The van der Waals surface area contributed by atoms with Crippen LogP contribution in [-0.2, 0) is 4.79 Å². The van der Waals surface area contributed by atoms with Crippen LogP contribution in [0.25, 0.3) is 0 Å². The van der Waals surface area contributed by atoms with Crippen molar-refractivity contribution >= 4 is 33.3 Å². The molecule has 4 nitrogen and oxygen atoms in total. The molecule has 8 heteroatoms. The van der Waals surface area contributed by atoms with Crippen molar-refractivity contribution in [3.8, 4) is 0 Å². The number of benzene rings is 1. The smallest absolute Gasteiger partial charge is 0.291 e. The van der Waals surface area contributed by atoms with Crippen molar-refractivity contribution in [3.63, 3.8) is 0 Å². The molecule has 0 aromatic heterocycles. The van der Waals surface area contributed by atoms with Gasteiger partial charge in [-0.05, 0) is 47.4 Å². The fourth-order valence-electron chi connectivity index (χ4n) is 3.09. The lowest BCUT2D eigenvalue weighted by Crippen LogP contribution is -2.48. The molecule has 0 aliphatic carbocycles.